The smallest absolute Gasteiger partial charge is 0.279 e. The highest BCUT2D eigenvalue weighted by atomic mass is 32.2. The molecule has 0 saturated heterocycles. The molecule has 1 aliphatic rings. The lowest BCUT2D eigenvalue weighted by Crippen LogP contribution is -2.45. The Kier molecular flexibility index (Phi) is 11.8. The van der Waals surface area contributed by atoms with E-state index in [0.717, 1.165) is 51.8 Å². The van der Waals surface area contributed by atoms with Crippen molar-refractivity contribution in [3.63, 3.8) is 0 Å². The Morgan fingerprint density at radius 1 is 1.16 bits per heavy atom. The van der Waals surface area contributed by atoms with E-state index in [-0.39, 0.29) is 18.7 Å². The molecule has 2 rings (SSSR count). The molecule has 0 radical (unpaired) electrons. The van der Waals surface area contributed by atoms with Crippen molar-refractivity contribution in [1.82, 2.24) is 13.9 Å². The summed E-state index contributed by atoms with van der Waals surface area (Å²) in [5, 5.41) is 0. The zero-order chi connectivity index (χ0) is 22.5. The van der Waals surface area contributed by atoms with Gasteiger partial charge < -0.3 is 14.1 Å². The van der Waals surface area contributed by atoms with E-state index in [1.54, 1.807) is 25.4 Å². The monoisotopic (exact) mass is 455 g/mol. The largest absolute Gasteiger partial charge is 0.468 e. The number of rotatable bonds is 16. The van der Waals surface area contributed by atoms with Gasteiger partial charge in [0.05, 0.1) is 18.9 Å². The Labute approximate surface area is 189 Å². The van der Waals surface area contributed by atoms with Crippen molar-refractivity contribution in [3.05, 3.63) is 36.8 Å². The van der Waals surface area contributed by atoms with Crippen molar-refractivity contribution in [1.29, 1.82) is 0 Å². The predicted octanol–water partition coefficient (Wildman–Crippen LogP) is 3.94. The van der Waals surface area contributed by atoms with Crippen LogP contribution in [0.4, 0.5) is 0 Å². The van der Waals surface area contributed by atoms with Crippen LogP contribution in [0.2, 0.25) is 0 Å². The third-order valence-electron chi connectivity index (χ3n) is 6.02. The molecular weight excluding hydrogens is 414 g/mol. The number of unbranched alkanes of at least 4 members (excludes halogenated alkanes) is 4. The van der Waals surface area contributed by atoms with Crippen molar-refractivity contribution < 1.29 is 17.6 Å². The normalized spacial score (nSPS) is 19.9. The van der Waals surface area contributed by atoms with Crippen LogP contribution in [0.1, 0.15) is 63.5 Å². The van der Waals surface area contributed by atoms with Crippen molar-refractivity contribution >= 4 is 10.2 Å². The first kappa shape index (κ1) is 26.1. The van der Waals surface area contributed by atoms with Gasteiger partial charge in [0.1, 0.15) is 5.76 Å². The third-order valence-corrected chi connectivity index (χ3v) is 7.59. The molecule has 1 fully saturated rings. The van der Waals surface area contributed by atoms with Gasteiger partial charge in [0, 0.05) is 26.2 Å². The fraction of sp³-hybridized carbons (Fsp3) is 0.739. The van der Waals surface area contributed by atoms with Crippen LogP contribution >= 0.6 is 0 Å². The van der Waals surface area contributed by atoms with Crippen molar-refractivity contribution in [2.45, 2.75) is 76.5 Å². The molecule has 1 heterocycles. The Bertz CT molecular complexity index is 700. The summed E-state index contributed by atoms with van der Waals surface area (Å²) in [6.45, 7) is 6.84. The van der Waals surface area contributed by atoms with Gasteiger partial charge >= 0.3 is 0 Å². The summed E-state index contributed by atoms with van der Waals surface area (Å²) in [5.41, 5.74) is 0. The molecule has 0 bridgehead atoms. The molecule has 31 heavy (non-hydrogen) atoms. The molecule has 1 aliphatic carbocycles. The molecule has 0 spiro atoms. The van der Waals surface area contributed by atoms with Gasteiger partial charge in [0.2, 0.25) is 0 Å². The molecule has 1 N–H and O–H groups in total. The maximum atomic E-state index is 12.5. The Morgan fingerprint density at radius 3 is 2.55 bits per heavy atom. The summed E-state index contributed by atoms with van der Waals surface area (Å²) >= 11 is 0. The number of ether oxygens (including phenoxy) is 1. The zero-order valence-electron chi connectivity index (χ0n) is 19.3. The average Bonchev–Trinajstić information content (AvgIpc) is 3.28. The van der Waals surface area contributed by atoms with Gasteiger partial charge in [-0.2, -0.15) is 17.4 Å². The van der Waals surface area contributed by atoms with E-state index in [4.69, 9.17) is 9.15 Å². The van der Waals surface area contributed by atoms with E-state index in [9.17, 15) is 8.42 Å². The Balaban J connectivity index is 1.53. The van der Waals surface area contributed by atoms with Gasteiger partial charge in [-0.25, -0.2) is 0 Å². The van der Waals surface area contributed by atoms with Crippen LogP contribution in [-0.4, -0.2) is 63.6 Å². The highest BCUT2D eigenvalue weighted by Crippen LogP contribution is 2.26. The second-order valence-corrected chi connectivity index (χ2v) is 10.4. The number of hydrogen-bond acceptors (Lipinski definition) is 5. The molecule has 0 atom stereocenters. The summed E-state index contributed by atoms with van der Waals surface area (Å²) in [6, 6.07) is 3.53. The molecule has 1 aromatic rings. The van der Waals surface area contributed by atoms with Gasteiger partial charge in [-0.15, -0.1) is 6.58 Å². The van der Waals surface area contributed by atoms with Crippen LogP contribution < -0.4 is 4.72 Å². The van der Waals surface area contributed by atoms with Crippen LogP contribution in [-0.2, 0) is 21.5 Å². The van der Waals surface area contributed by atoms with Crippen molar-refractivity contribution in [3.8, 4) is 0 Å². The van der Waals surface area contributed by atoms with Crippen LogP contribution in [0.3, 0.4) is 0 Å². The maximum absolute atomic E-state index is 12.5. The Morgan fingerprint density at radius 2 is 1.87 bits per heavy atom. The maximum Gasteiger partial charge on any atom is 0.279 e. The Hall–Kier alpha value is -1.19. The summed E-state index contributed by atoms with van der Waals surface area (Å²) in [7, 11) is 0.272. The SMILES string of the molecule is C=CCN(C)CCCCCCCO[C@H]1CC[C@H](N(C)S(=O)(=O)NCc2ccco2)CC1. The second kappa shape index (κ2) is 14.1. The summed E-state index contributed by atoms with van der Waals surface area (Å²) in [4.78, 5) is 2.30. The van der Waals surface area contributed by atoms with Crippen LogP contribution in [0.25, 0.3) is 0 Å². The van der Waals surface area contributed by atoms with E-state index in [2.05, 4.69) is 23.2 Å². The number of hydrogen-bond donors (Lipinski definition) is 1. The summed E-state index contributed by atoms with van der Waals surface area (Å²) in [5.74, 6) is 0.606. The zero-order valence-corrected chi connectivity index (χ0v) is 20.1. The molecule has 0 unspecified atom stereocenters. The van der Waals surface area contributed by atoms with Crippen LogP contribution in [0, 0.1) is 0 Å². The predicted molar refractivity (Wildman–Crippen MR) is 125 cm³/mol. The van der Waals surface area contributed by atoms with Crippen LogP contribution in [0.15, 0.2) is 35.5 Å². The molecule has 0 aliphatic heterocycles. The van der Waals surface area contributed by atoms with Gasteiger partial charge in [0.25, 0.3) is 10.2 Å². The molecule has 0 amide bonds. The minimum absolute atomic E-state index is 0.0215. The van der Waals surface area contributed by atoms with Gasteiger partial charge in [-0.1, -0.05) is 25.3 Å². The fourth-order valence-electron chi connectivity index (χ4n) is 4.02. The molecule has 1 aromatic heterocycles. The first-order valence-corrected chi connectivity index (χ1v) is 13.0. The van der Waals surface area contributed by atoms with E-state index in [1.165, 1.54) is 30.0 Å². The second-order valence-electron chi connectivity index (χ2n) is 8.54. The summed E-state index contributed by atoms with van der Waals surface area (Å²) in [6.07, 6.45) is 13.3. The van der Waals surface area contributed by atoms with Crippen molar-refractivity contribution in [2.24, 2.45) is 0 Å². The standard InChI is InChI=1S/C23H41N3O4S/c1-4-16-25(2)17-8-6-5-7-9-18-29-22-14-12-21(13-15-22)26(3)31(27,28)24-20-23-11-10-19-30-23/h4,10-11,19,21-22,24H,1,5-9,12-18,20H2,2-3H3/t21-,22-. The molecule has 7 nitrogen and oxygen atoms in total. The average molecular weight is 456 g/mol. The topological polar surface area (TPSA) is 75.0 Å². The first-order valence-electron chi connectivity index (χ1n) is 11.6. The van der Waals surface area contributed by atoms with Gasteiger partial charge in [-0.3, -0.25) is 0 Å². The van der Waals surface area contributed by atoms with Gasteiger partial charge in [-0.05, 0) is 64.3 Å². The minimum Gasteiger partial charge on any atom is -0.468 e. The van der Waals surface area contributed by atoms with Crippen molar-refractivity contribution in [2.75, 3.05) is 33.8 Å². The molecule has 1 saturated carbocycles. The number of nitrogens with one attached hydrogen (secondary N) is 1. The highest BCUT2D eigenvalue weighted by Gasteiger charge is 2.30. The quantitative estimate of drug-likeness (QED) is 0.302. The molecule has 178 valence electrons. The lowest BCUT2D eigenvalue weighted by atomic mass is 9.93. The van der Waals surface area contributed by atoms with Crippen LogP contribution in [0.5, 0.6) is 0 Å². The van der Waals surface area contributed by atoms with E-state index >= 15 is 0 Å². The number of nitrogens with zero attached hydrogens (tertiary/aromatic N) is 2. The van der Waals surface area contributed by atoms with E-state index in [1.807, 2.05) is 6.08 Å². The lowest BCUT2D eigenvalue weighted by Gasteiger charge is -2.33. The van der Waals surface area contributed by atoms with E-state index < -0.39 is 10.2 Å². The first-order chi connectivity index (χ1) is 14.9. The molecule has 0 aromatic carbocycles. The molecule has 8 heteroatoms. The molecular formula is C23H41N3O4S. The minimum atomic E-state index is -3.52. The fourth-order valence-corrected chi connectivity index (χ4v) is 5.16. The third kappa shape index (κ3) is 9.87. The number of likely N-dealkylation sites (N-methyl/N-ethyl adjacent to an activating group) is 1. The lowest BCUT2D eigenvalue weighted by molar-refractivity contribution is 0.0155. The number of furan rings is 1. The van der Waals surface area contributed by atoms with Gasteiger partial charge in [0.15, 0.2) is 0 Å². The van der Waals surface area contributed by atoms with E-state index in [0.29, 0.717) is 5.76 Å². The summed E-state index contributed by atoms with van der Waals surface area (Å²) < 4.78 is 40.4. The highest BCUT2D eigenvalue weighted by molar-refractivity contribution is 7.87.